The first-order chi connectivity index (χ1) is 11.8. The van der Waals surface area contributed by atoms with E-state index in [0.717, 1.165) is 41.5 Å². The molecule has 4 nitrogen and oxygen atoms in total. The van der Waals surface area contributed by atoms with E-state index >= 15 is 0 Å². The van der Waals surface area contributed by atoms with E-state index in [1.807, 2.05) is 29.6 Å². The Balaban J connectivity index is 1.40. The summed E-state index contributed by atoms with van der Waals surface area (Å²) < 4.78 is 1.22. The predicted octanol–water partition coefficient (Wildman–Crippen LogP) is 3.69. The second-order valence-corrected chi connectivity index (χ2v) is 8.11. The number of hydrogen-bond donors (Lipinski definition) is 1. The standard InChI is InChI=1S/C18H19N3OS2/c22-17(11-14-6-4-10-23-14)19-13-5-3-9-21(12-13)18-20-15-7-1-2-8-16(15)24-18/h1-2,4,6-8,10,13H,3,5,9,11-12H2,(H,19,22)/t13-/m0/s1. The van der Waals surface area contributed by atoms with Crippen molar-refractivity contribution >= 4 is 43.9 Å². The number of nitrogens with zero attached hydrogens (tertiary/aromatic N) is 2. The molecule has 1 fully saturated rings. The monoisotopic (exact) mass is 357 g/mol. The lowest BCUT2D eigenvalue weighted by Crippen LogP contribution is -2.48. The minimum Gasteiger partial charge on any atom is -0.351 e. The van der Waals surface area contributed by atoms with E-state index in [1.165, 1.54) is 4.70 Å². The Hall–Kier alpha value is -1.92. The van der Waals surface area contributed by atoms with Crippen LogP contribution in [0.1, 0.15) is 17.7 Å². The van der Waals surface area contributed by atoms with Gasteiger partial charge in [0.2, 0.25) is 5.91 Å². The van der Waals surface area contributed by atoms with Gasteiger partial charge in [0, 0.05) is 24.0 Å². The number of carbonyl (C=O) groups is 1. The first-order valence-corrected chi connectivity index (χ1v) is 9.90. The molecule has 2 aromatic heterocycles. The van der Waals surface area contributed by atoms with Gasteiger partial charge >= 0.3 is 0 Å². The molecule has 124 valence electrons. The Bertz CT molecular complexity index is 795. The van der Waals surface area contributed by atoms with E-state index in [1.54, 1.807) is 22.7 Å². The third kappa shape index (κ3) is 3.44. The number of aromatic nitrogens is 1. The molecule has 1 aliphatic rings. The zero-order valence-electron chi connectivity index (χ0n) is 13.3. The smallest absolute Gasteiger partial charge is 0.225 e. The molecule has 1 aromatic carbocycles. The molecule has 3 heterocycles. The highest BCUT2D eigenvalue weighted by Crippen LogP contribution is 2.30. The molecule has 1 N–H and O–H groups in total. The van der Waals surface area contributed by atoms with Crippen molar-refractivity contribution < 1.29 is 4.79 Å². The van der Waals surface area contributed by atoms with Gasteiger partial charge < -0.3 is 10.2 Å². The summed E-state index contributed by atoms with van der Waals surface area (Å²) in [5.41, 5.74) is 1.06. The van der Waals surface area contributed by atoms with Gasteiger partial charge in [0.05, 0.1) is 16.6 Å². The highest BCUT2D eigenvalue weighted by molar-refractivity contribution is 7.22. The fourth-order valence-corrected chi connectivity index (χ4v) is 4.82. The van der Waals surface area contributed by atoms with E-state index in [9.17, 15) is 4.79 Å². The molecule has 0 aliphatic carbocycles. The second-order valence-electron chi connectivity index (χ2n) is 6.07. The van der Waals surface area contributed by atoms with E-state index in [-0.39, 0.29) is 11.9 Å². The summed E-state index contributed by atoms with van der Waals surface area (Å²) in [5, 5.41) is 6.27. The molecule has 0 saturated carbocycles. The number of anilines is 1. The van der Waals surface area contributed by atoms with Crippen molar-refractivity contribution in [2.24, 2.45) is 0 Å². The Morgan fingerprint density at radius 2 is 2.21 bits per heavy atom. The lowest BCUT2D eigenvalue weighted by atomic mass is 10.1. The van der Waals surface area contributed by atoms with Gasteiger partial charge in [0.1, 0.15) is 0 Å². The molecule has 24 heavy (non-hydrogen) atoms. The molecule has 4 rings (SSSR count). The summed E-state index contributed by atoms with van der Waals surface area (Å²) in [6, 6.07) is 12.4. The van der Waals surface area contributed by atoms with Crippen LogP contribution in [0.3, 0.4) is 0 Å². The first kappa shape index (κ1) is 15.6. The largest absolute Gasteiger partial charge is 0.351 e. The van der Waals surface area contributed by atoms with Crippen molar-refractivity contribution in [2.45, 2.75) is 25.3 Å². The number of thiophene rings is 1. The van der Waals surface area contributed by atoms with Crippen LogP contribution in [-0.2, 0) is 11.2 Å². The van der Waals surface area contributed by atoms with Crippen LogP contribution in [0.2, 0.25) is 0 Å². The van der Waals surface area contributed by atoms with E-state index in [0.29, 0.717) is 6.42 Å². The number of amides is 1. The summed E-state index contributed by atoms with van der Waals surface area (Å²) >= 11 is 3.37. The summed E-state index contributed by atoms with van der Waals surface area (Å²) in [7, 11) is 0. The van der Waals surface area contributed by atoms with Gasteiger partial charge in [0.15, 0.2) is 5.13 Å². The lowest BCUT2D eigenvalue weighted by Gasteiger charge is -2.32. The summed E-state index contributed by atoms with van der Waals surface area (Å²) in [6.45, 7) is 1.85. The highest BCUT2D eigenvalue weighted by atomic mass is 32.1. The van der Waals surface area contributed by atoms with Gasteiger partial charge in [-0.15, -0.1) is 11.3 Å². The first-order valence-electron chi connectivity index (χ1n) is 8.20. The Labute approximate surface area is 149 Å². The number of hydrogen-bond acceptors (Lipinski definition) is 5. The second kappa shape index (κ2) is 6.91. The predicted molar refractivity (Wildman–Crippen MR) is 101 cm³/mol. The third-order valence-corrected chi connectivity index (χ3v) is 6.23. The summed E-state index contributed by atoms with van der Waals surface area (Å²) in [5.74, 6) is 0.119. The number of benzene rings is 1. The van der Waals surface area contributed by atoms with Crippen LogP contribution in [0.15, 0.2) is 41.8 Å². The molecule has 1 aliphatic heterocycles. The van der Waals surface area contributed by atoms with Crippen LogP contribution in [0.5, 0.6) is 0 Å². The van der Waals surface area contributed by atoms with Crippen molar-refractivity contribution in [3.05, 3.63) is 46.7 Å². The molecule has 0 spiro atoms. The Morgan fingerprint density at radius 3 is 3.04 bits per heavy atom. The zero-order valence-corrected chi connectivity index (χ0v) is 14.9. The van der Waals surface area contributed by atoms with Crippen LogP contribution in [-0.4, -0.2) is 30.0 Å². The van der Waals surface area contributed by atoms with E-state index in [2.05, 4.69) is 22.3 Å². The number of carbonyl (C=O) groups excluding carboxylic acids is 1. The number of thiazole rings is 1. The SMILES string of the molecule is O=C(Cc1cccs1)N[C@H]1CCCN(c2nc3ccccc3s2)C1. The van der Waals surface area contributed by atoms with Gasteiger partial charge in [-0.1, -0.05) is 29.5 Å². The van der Waals surface area contributed by atoms with Crippen LogP contribution in [0, 0.1) is 0 Å². The van der Waals surface area contributed by atoms with Crippen molar-refractivity contribution in [1.82, 2.24) is 10.3 Å². The van der Waals surface area contributed by atoms with Crippen LogP contribution in [0.25, 0.3) is 10.2 Å². The molecule has 3 aromatic rings. The van der Waals surface area contributed by atoms with Gasteiger partial charge in [0.25, 0.3) is 0 Å². The maximum Gasteiger partial charge on any atom is 0.225 e. The number of fused-ring (bicyclic) bond motifs is 1. The molecular weight excluding hydrogens is 338 g/mol. The average Bonchev–Trinajstić information content (AvgIpc) is 3.24. The molecular formula is C18H19N3OS2. The lowest BCUT2D eigenvalue weighted by molar-refractivity contribution is -0.121. The topological polar surface area (TPSA) is 45.2 Å². The van der Waals surface area contributed by atoms with E-state index in [4.69, 9.17) is 4.98 Å². The van der Waals surface area contributed by atoms with Crippen molar-refractivity contribution in [3.8, 4) is 0 Å². The molecule has 0 bridgehead atoms. The minimum absolute atomic E-state index is 0.119. The van der Waals surface area contributed by atoms with Gasteiger partial charge in [-0.25, -0.2) is 4.98 Å². The van der Waals surface area contributed by atoms with Crippen molar-refractivity contribution in [1.29, 1.82) is 0 Å². The van der Waals surface area contributed by atoms with Crippen molar-refractivity contribution in [3.63, 3.8) is 0 Å². The molecule has 1 atom stereocenters. The van der Waals surface area contributed by atoms with E-state index < -0.39 is 0 Å². The summed E-state index contributed by atoms with van der Waals surface area (Å²) in [6.07, 6.45) is 2.60. The minimum atomic E-state index is 0.119. The fraction of sp³-hybridized carbons (Fsp3) is 0.333. The maximum absolute atomic E-state index is 12.2. The number of piperidine rings is 1. The third-order valence-electron chi connectivity index (χ3n) is 4.25. The number of para-hydroxylation sites is 1. The number of nitrogens with one attached hydrogen (secondary N) is 1. The normalized spacial score (nSPS) is 18.0. The Kier molecular flexibility index (Phi) is 4.49. The molecule has 0 radical (unpaired) electrons. The van der Waals surface area contributed by atoms with Crippen LogP contribution < -0.4 is 10.2 Å². The fourth-order valence-electron chi connectivity index (χ4n) is 3.11. The molecule has 1 saturated heterocycles. The maximum atomic E-state index is 12.2. The van der Waals surface area contributed by atoms with Gasteiger partial charge in [-0.05, 0) is 36.4 Å². The number of rotatable bonds is 4. The van der Waals surface area contributed by atoms with Crippen molar-refractivity contribution in [2.75, 3.05) is 18.0 Å². The molecule has 0 unspecified atom stereocenters. The average molecular weight is 358 g/mol. The summed E-state index contributed by atoms with van der Waals surface area (Å²) in [4.78, 5) is 20.4. The highest BCUT2D eigenvalue weighted by Gasteiger charge is 2.23. The van der Waals surface area contributed by atoms with Crippen LogP contribution >= 0.6 is 22.7 Å². The molecule has 1 amide bonds. The Morgan fingerprint density at radius 1 is 1.29 bits per heavy atom. The quantitative estimate of drug-likeness (QED) is 0.775. The zero-order chi connectivity index (χ0) is 16.4. The molecule has 6 heteroatoms. The van der Waals surface area contributed by atoms with Crippen LogP contribution in [0.4, 0.5) is 5.13 Å². The van der Waals surface area contributed by atoms with Gasteiger partial charge in [-0.3, -0.25) is 4.79 Å². The van der Waals surface area contributed by atoms with Gasteiger partial charge in [-0.2, -0.15) is 0 Å².